The van der Waals surface area contributed by atoms with Crippen LogP contribution >= 0.6 is 23.2 Å². The Labute approximate surface area is 143 Å². The van der Waals surface area contributed by atoms with Crippen molar-refractivity contribution in [1.82, 2.24) is 0 Å². The Morgan fingerprint density at radius 2 is 1.78 bits per heavy atom. The van der Waals surface area contributed by atoms with Crippen LogP contribution in [0.2, 0.25) is 10.0 Å². The number of halogens is 3. The van der Waals surface area contributed by atoms with Crippen LogP contribution in [0, 0.1) is 5.82 Å². The molecule has 1 unspecified atom stereocenters. The number of benzene rings is 2. The van der Waals surface area contributed by atoms with Gasteiger partial charge in [0.15, 0.2) is 6.10 Å². The van der Waals surface area contributed by atoms with Crippen molar-refractivity contribution in [2.24, 2.45) is 0 Å². The van der Waals surface area contributed by atoms with E-state index in [1.54, 1.807) is 31.2 Å². The lowest BCUT2D eigenvalue weighted by Crippen LogP contribution is -2.19. The molecule has 0 aliphatic heterocycles. The fourth-order valence-electron chi connectivity index (χ4n) is 2.21. The number of esters is 1. The Morgan fingerprint density at radius 3 is 2.39 bits per heavy atom. The highest BCUT2D eigenvalue weighted by atomic mass is 35.5. The molecular weight excluding hydrogens is 342 g/mol. The summed E-state index contributed by atoms with van der Waals surface area (Å²) in [4.78, 5) is 12.3. The standard InChI is InChI=1S/C17H15Cl2FO3/c1-10(14-12(18)8-9-13(20)15(14)19)23-17(21)16(22-2)11-6-4-3-5-7-11/h3-10,16H,1-2H3/t10-,16?/m1/s1. The summed E-state index contributed by atoms with van der Waals surface area (Å²) in [5.41, 5.74) is 0.883. The summed E-state index contributed by atoms with van der Waals surface area (Å²) in [6.45, 7) is 1.57. The van der Waals surface area contributed by atoms with Crippen LogP contribution in [0.15, 0.2) is 42.5 Å². The van der Waals surface area contributed by atoms with Crippen LogP contribution in [-0.4, -0.2) is 13.1 Å². The van der Waals surface area contributed by atoms with E-state index in [9.17, 15) is 9.18 Å². The van der Waals surface area contributed by atoms with Gasteiger partial charge in [0, 0.05) is 17.7 Å². The maximum absolute atomic E-state index is 13.6. The maximum Gasteiger partial charge on any atom is 0.340 e. The zero-order chi connectivity index (χ0) is 17.0. The molecule has 0 N–H and O–H groups in total. The zero-order valence-corrected chi connectivity index (χ0v) is 14.1. The van der Waals surface area contributed by atoms with E-state index in [4.69, 9.17) is 32.7 Å². The third-order valence-corrected chi connectivity index (χ3v) is 4.04. The van der Waals surface area contributed by atoms with Gasteiger partial charge >= 0.3 is 5.97 Å². The van der Waals surface area contributed by atoms with Gasteiger partial charge in [0.2, 0.25) is 0 Å². The van der Waals surface area contributed by atoms with Crippen molar-refractivity contribution in [3.8, 4) is 0 Å². The minimum absolute atomic E-state index is 0.161. The molecule has 0 bridgehead atoms. The second kappa shape index (κ2) is 7.77. The molecule has 23 heavy (non-hydrogen) atoms. The van der Waals surface area contributed by atoms with Gasteiger partial charge in [-0.3, -0.25) is 0 Å². The van der Waals surface area contributed by atoms with Crippen molar-refractivity contribution in [1.29, 1.82) is 0 Å². The fourth-order valence-corrected chi connectivity index (χ4v) is 2.88. The van der Waals surface area contributed by atoms with Gasteiger partial charge in [-0.25, -0.2) is 9.18 Å². The van der Waals surface area contributed by atoms with Crippen LogP contribution in [0.4, 0.5) is 4.39 Å². The van der Waals surface area contributed by atoms with E-state index < -0.39 is 24.0 Å². The van der Waals surface area contributed by atoms with E-state index in [0.717, 1.165) is 6.07 Å². The van der Waals surface area contributed by atoms with Gasteiger partial charge in [0.25, 0.3) is 0 Å². The topological polar surface area (TPSA) is 35.5 Å². The smallest absolute Gasteiger partial charge is 0.340 e. The number of hydrogen-bond acceptors (Lipinski definition) is 3. The highest BCUT2D eigenvalue weighted by Gasteiger charge is 2.26. The summed E-state index contributed by atoms with van der Waals surface area (Å²) in [7, 11) is 1.41. The van der Waals surface area contributed by atoms with E-state index in [-0.39, 0.29) is 15.6 Å². The van der Waals surface area contributed by atoms with Gasteiger partial charge in [0.05, 0.1) is 5.02 Å². The van der Waals surface area contributed by atoms with Crippen LogP contribution in [0.3, 0.4) is 0 Å². The number of methoxy groups -OCH3 is 1. The quantitative estimate of drug-likeness (QED) is 0.550. The first-order chi connectivity index (χ1) is 11.0. The van der Waals surface area contributed by atoms with Gasteiger partial charge in [-0.05, 0) is 24.6 Å². The molecule has 2 atom stereocenters. The van der Waals surface area contributed by atoms with Crippen molar-refractivity contribution in [2.75, 3.05) is 7.11 Å². The Hall–Kier alpha value is -1.62. The molecule has 122 valence electrons. The molecule has 2 aromatic rings. The van der Waals surface area contributed by atoms with E-state index in [1.165, 1.54) is 13.2 Å². The molecule has 0 saturated carbocycles. The zero-order valence-electron chi connectivity index (χ0n) is 12.6. The van der Waals surface area contributed by atoms with Crippen molar-refractivity contribution < 1.29 is 18.7 Å². The lowest BCUT2D eigenvalue weighted by atomic mass is 10.1. The van der Waals surface area contributed by atoms with E-state index in [1.807, 2.05) is 6.07 Å². The summed E-state index contributed by atoms with van der Waals surface area (Å²) < 4.78 is 24.2. The van der Waals surface area contributed by atoms with Gasteiger partial charge in [-0.2, -0.15) is 0 Å². The Kier molecular flexibility index (Phi) is 5.99. The van der Waals surface area contributed by atoms with Crippen molar-refractivity contribution >= 4 is 29.2 Å². The number of rotatable bonds is 5. The first kappa shape index (κ1) is 17.7. The van der Waals surface area contributed by atoms with E-state index in [0.29, 0.717) is 5.56 Å². The van der Waals surface area contributed by atoms with Gasteiger partial charge in [-0.1, -0.05) is 53.5 Å². The molecule has 0 saturated heterocycles. The SMILES string of the molecule is COC(C(=O)O[C@H](C)c1c(Cl)ccc(F)c1Cl)c1ccccc1. The van der Waals surface area contributed by atoms with Crippen LogP contribution in [0.1, 0.15) is 30.3 Å². The van der Waals surface area contributed by atoms with Gasteiger partial charge < -0.3 is 9.47 Å². The van der Waals surface area contributed by atoms with E-state index >= 15 is 0 Å². The molecule has 0 aromatic heterocycles. The molecule has 0 heterocycles. The minimum Gasteiger partial charge on any atom is -0.455 e. The Morgan fingerprint density at radius 1 is 1.13 bits per heavy atom. The van der Waals surface area contributed by atoms with Crippen molar-refractivity contribution in [2.45, 2.75) is 19.1 Å². The average molecular weight is 357 g/mol. The molecular formula is C17H15Cl2FO3. The van der Waals surface area contributed by atoms with E-state index in [2.05, 4.69) is 0 Å². The summed E-state index contributed by atoms with van der Waals surface area (Å²) in [6.07, 6.45) is -1.70. The minimum atomic E-state index is -0.884. The second-order valence-corrected chi connectivity index (χ2v) is 5.65. The highest BCUT2D eigenvalue weighted by Crippen LogP contribution is 2.35. The first-order valence-corrected chi connectivity index (χ1v) is 7.63. The van der Waals surface area contributed by atoms with Gasteiger partial charge in [0.1, 0.15) is 11.9 Å². The monoisotopic (exact) mass is 356 g/mol. The summed E-state index contributed by atoms with van der Waals surface area (Å²) in [6, 6.07) is 11.4. The molecule has 2 aromatic carbocycles. The summed E-state index contributed by atoms with van der Waals surface area (Å²) in [5, 5.41) is 0.0665. The second-order valence-electron chi connectivity index (χ2n) is 4.86. The van der Waals surface area contributed by atoms with Crippen LogP contribution < -0.4 is 0 Å². The molecule has 0 aliphatic rings. The molecule has 0 radical (unpaired) electrons. The van der Waals surface area contributed by atoms with Crippen LogP contribution in [0.25, 0.3) is 0 Å². The molecule has 0 fully saturated rings. The largest absolute Gasteiger partial charge is 0.455 e. The Bertz CT molecular complexity index is 692. The number of carbonyl (C=O) groups is 1. The highest BCUT2D eigenvalue weighted by molar-refractivity contribution is 6.36. The fraction of sp³-hybridized carbons (Fsp3) is 0.235. The maximum atomic E-state index is 13.6. The third-order valence-electron chi connectivity index (χ3n) is 3.33. The number of carbonyl (C=O) groups excluding carboxylic acids is 1. The number of ether oxygens (including phenoxy) is 2. The van der Waals surface area contributed by atoms with Crippen LogP contribution in [-0.2, 0) is 14.3 Å². The molecule has 0 amide bonds. The Balaban J connectivity index is 2.21. The lowest BCUT2D eigenvalue weighted by molar-refractivity contribution is -0.161. The van der Waals surface area contributed by atoms with Crippen molar-refractivity contribution in [3.05, 3.63) is 69.5 Å². The van der Waals surface area contributed by atoms with Crippen molar-refractivity contribution in [3.63, 3.8) is 0 Å². The predicted molar refractivity (Wildman–Crippen MR) is 87.1 cm³/mol. The third kappa shape index (κ3) is 4.02. The molecule has 2 rings (SSSR count). The predicted octanol–water partition coefficient (Wildman–Crippen LogP) is 5.12. The van der Waals surface area contributed by atoms with Crippen LogP contribution in [0.5, 0.6) is 0 Å². The summed E-state index contributed by atoms with van der Waals surface area (Å²) in [5.74, 6) is -1.23. The van der Waals surface area contributed by atoms with Gasteiger partial charge in [-0.15, -0.1) is 0 Å². The average Bonchev–Trinajstić information content (AvgIpc) is 2.53. The molecule has 3 nitrogen and oxygen atoms in total. The molecule has 6 heteroatoms. The molecule has 0 spiro atoms. The normalized spacial score (nSPS) is 13.4. The molecule has 0 aliphatic carbocycles. The lowest BCUT2D eigenvalue weighted by Gasteiger charge is -2.20. The summed E-state index contributed by atoms with van der Waals surface area (Å²) >= 11 is 12.0. The number of hydrogen-bond donors (Lipinski definition) is 0. The first-order valence-electron chi connectivity index (χ1n) is 6.87.